The van der Waals surface area contributed by atoms with Crippen molar-refractivity contribution in [2.24, 2.45) is 0 Å². The summed E-state index contributed by atoms with van der Waals surface area (Å²) >= 11 is 5.85. The molecule has 1 aromatic carbocycles. The zero-order valence-electron chi connectivity index (χ0n) is 12.8. The second-order valence-corrected chi connectivity index (χ2v) is 9.03. The Labute approximate surface area is 135 Å². The second-order valence-electron chi connectivity index (χ2n) is 5.77. The third kappa shape index (κ3) is 2.99. The molecule has 0 radical (unpaired) electrons. The molecule has 122 valence electrons. The fraction of sp³-hybridized carbons (Fsp3) is 0.533. The summed E-state index contributed by atoms with van der Waals surface area (Å²) in [5.41, 5.74) is 0.796. The van der Waals surface area contributed by atoms with Crippen molar-refractivity contribution in [1.29, 1.82) is 0 Å². The van der Waals surface area contributed by atoms with Crippen LogP contribution in [-0.2, 0) is 21.1 Å². The van der Waals surface area contributed by atoms with Gasteiger partial charge in [-0.3, -0.25) is 4.79 Å². The zero-order chi connectivity index (χ0) is 16.7. The lowest BCUT2D eigenvalue weighted by molar-refractivity contribution is -0.118. The maximum absolute atomic E-state index is 14.2. The minimum absolute atomic E-state index is 0.159. The molecule has 7 heteroatoms. The van der Waals surface area contributed by atoms with Crippen molar-refractivity contribution in [3.63, 3.8) is 0 Å². The van der Waals surface area contributed by atoms with Gasteiger partial charge in [0.05, 0.1) is 10.9 Å². The standard InChI is InChI=1S/C15H19ClFNO3S/c1-9(2)22(20,21)10(3)15(19)18-6-4-5-11-7-12(16)8-13(17)14(11)18/h7-10H,4-6H2,1-3H3/t10-/m1/s1. The van der Waals surface area contributed by atoms with Crippen LogP contribution in [0, 0.1) is 5.82 Å². The monoisotopic (exact) mass is 347 g/mol. The minimum Gasteiger partial charge on any atom is -0.308 e. The van der Waals surface area contributed by atoms with Gasteiger partial charge in [-0.2, -0.15) is 0 Å². The molecule has 1 aliphatic heterocycles. The van der Waals surface area contributed by atoms with Crippen molar-refractivity contribution in [3.05, 3.63) is 28.5 Å². The van der Waals surface area contributed by atoms with E-state index in [-0.39, 0.29) is 10.7 Å². The molecule has 4 nitrogen and oxygen atoms in total. The third-order valence-corrected chi connectivity index (χ3v) is 6.69. The van der Waals surface area contributed by atoms with Crippen LogP contribution in [-0.4, -0.2) is 31.4 Å². The Morgan fingerprint density at radius 2 is 1.95 bits per heavy atom. The van der Waals surface area contributed by atoms with Crippen molar-refractivity contribution >= 4 is 33.0 Å². The predicted molar refractivity (Wildman–Crippen MR) is 85.6 cm³/mol. The number of benzene rings is 1. The molecule has 0 unspecified atom stereocenters. The topological polar surface area (TPSA) is 54.5 Å². The highest BCUT2D eigenvalue weighted by Crippen LogP contribution is 2.33. The average Bonchev–Trinajstić information content (AvgIpc) is 2.44. The summed E-state index contributed by atoms with van der Waals surface area (Å²) in [4.78, 5) is 13.8. The van der Waals surface area contributed by atoms with E-state index in [1.54, 1.807) is 6.07 Å². The summed E-state index contributed by atoms with van der Waals surface area (Å²) in [6.45, 7) is 4.73. The fourth-order valence-corrected chi connectivity index (χ4v) is 4.09. The van der Waals surface area contributed by atoms with Crippen LogP contribution in [0.5, 0.6) is 0 Å². The number of hydrogen-bond donors (Lipinski definition) is 0. The van der Waals surface area contributed by atoms with Gasteiger partial charge < -0.3 is 4.90 Å². The molecule has 2 rings (SSSR count). The van der Waals surface area contributed by atoms with E-state index in [9.17, 15) is 17.6 Å². The molecule has 0 saturated carbocycles. The van der Waals surface area contributed by atoms with Gasteiger partial charge in [-0.05, 0) is 51.3 Å². The largest absolute Gasteiger partial charge is 0.308 e. The first kappa shape index (κ1) is 17.2. The van der Waals surface area contributed by atoms with E-state index in [2.05, 4.69) is 0 Å². The van der Waals surface area contributed by atoms with Gasteiger partial charge in [0, 0.05) is 11.6 Å². The second kappa shape index (κ2) is 6.16. The highest BCUT2D eigenvalue weighted by atomic mass is 35.5. The van der Waals surface area contributed by atoms with Gasteiger partial charge >= 0.3 is 0 Å². The molecule has 0 N–H and O–H groups in total. The van der Waals surface area contributed by atoms with E-state index in [4.69, 9.17) is 11.6 Å². The number of amides is 1. The molecule has 0 aromatic heterocycles. The van der Waals surface area contributed by atoms with E-state index in [1.807, 2.05) is 0 Å². The number of aryl methyl sites for hydroxylation is 1. The van der Waals surface area contributed by atoms with E-state index >= 15 is 0 Å². The predicted octanol–water partition coefficient (Wildman–Crippen LogP) is 2.97. The minimum atomic E-state index is -3.59. The number of halogens is 2. The van der Waals surface area contributed by atoms with E-state index in [0.717, 1.165) is 6.07 Å². The van der Waals surface area contributed by atoms with Crippen LogP contribution in [0.3, 0.4) is 0 Å². The van der Waals surface area contributed by atoms with Crippen LogP contribution in [0.25, 0.3) is 0 Å². The molecule has 0 bridgehead atoms. The summed E-state index contributed by atoms with van der Waals surface area (Å²) in [7, 11) is -3.59. The number of hydrogen-bond acceptors (Lipinski definition) is 3. The molecular weight excluding hydrogens is 329 g/mol. The Balaban J connectivity index is 2.43. The number of rotatable bonds is 3. The van der Waals surface area contributed by atoms with Gasteiger partial charge in [-0.25, -0.2) is 12.8 Å². The third-order valence-electron chi connectivity index (χ3n) is 3.97. The molecule has 22 heavy (non-hydrogen) atoms. The molecule has 1 amide bonds. The van der Waals surface area contributed by atoms with Crippen LogP contribution in [0.1, 0.15) is 32.8 Å². The maximum atomic E-state index is 14.2. The number of fused-ring (bicyclic) bond motifs is 1. The first-order valence-corrected chi connectivity index (χ1v) is 9.17. The molecule has 1 atom stereocenters. The first-order valence-electron chi connectivity index (χ1n) is 7.18. The van der Waals surface area contributed by atoms with Gasteiger partial charge in [-0.15, -0.1) is 0 Å². The Hall–Kier alpha value is -1.14. The number of sulfone groups is 1. The Morgan fingerprint density at radius 1 is 1.32 bits per heavy atom. The van der Waals surface area contributed by atoms with E-state index in [1.165, 1.54) is 25.7 Å². The smallest absolute Gasteiger partial charge is 0.245 e. The van der Waals surface area contributed by atoms with Gasteiger partial charge in [-0.1, -0.05) is 11.6 Å². The van der Waals surface area contributed by atoms with Gasteiger partial charge in [0.1, 0.15) is 11.1 Å². The molecule has 0 spiro atoms. The fourth-order valence-electron chi connectivity index (χ4n) is 2.64. The summed E-state index contributed by atoms with van der Waals surface area (Å²) in [5.74, 6) is -1.18. The van der Waals surface area contributed by atoms with Crippen LogP contribution < -0.4 is 4.90 Å². The lowest BCUT2D eigenvalue weighted by atomic mass is 10.0. The molecule has 1 aromatic rings. The molecule has 0 saturated heterocycles. The van der Waals surface area contributed by atoms with Crippen molar-refractivity contribution in [1.82, 2.24) is 0 Å². The van der Waals surface area contributed by atoms with E-state index < -0.39 is 32.1 Å². The summed E-state index contributed by atoms with van der Waals surface area (Å²) in [5, 5.41) is -1.59. The van der Waals surface area contributed by atoms with Gasteiger partial charge in [0.2, 0.25) is 5.91 Å². The first-order chi connectivity index (χ1) is 10.2. The van der Waals surface area contributed by atoms with Crippen molar-refractivity contribution in [2.75, 3.05) is 11.4 Å². The van der Waals surface area contributed by atoms with Crippen LogP contribution in [0.4, 0.5) is 10.1 Å². The number of nitrogens with zero attached hydrogens (tertiary/aromatic N) is 1. The summed E-state index contributed by atoms with van der Waals surface area (Å²) in [6, 6.07) is 2.77. The van der Waals surface area contributed by atoms with Crippen molar-refractivity contribution in [3.8, 4) is 0 Å². The zero-order valence-corrected chi connectivity index (χ0v) is 14.3. The van der Waals surface area contributed by atoms with Gasteiger partial charge in [0.15, 0.2) is 9.84 Å². The molecule has 0 fully saturated rings. The number of carbonyl (C=O) groups is 1. The Kier molecular flexibility index (Phi) is 4.82. The lowest BCUT2D eigenvalue weighted by Gasteiger charge is -2.32. The average molecular weight is 348 g/mol. The molecular formula is C15H19ClFNO3S. The lowest BCUT2D eigenvalue weighted by Crippen LogP contribution is -2.46. The van der Waals surface area contributed by atoms with Crippen LogP contribution in [0.2, 0.25) is 5.02 Å². The quantitative estimate of drug-likeness (QED) is 0.844. The van der Waals surface area contributed by atoms with Crippen molar-refractivity contribution < 1.29 is 17.6 Å². The highest BCUT2D eigenvalue weighted by Gasteiger charge is 2.36. The summed E-state index contributed by atoms with van der Waals surface area (Å²) in [6.07, 6.45) is 1.26. The van der Waals surface area contributed by atoms with Crippen LogP contribution in [0.15, 0.2) is 12.1 Å². The number of anilines is 1. The Morgan fingerprint density at radius 3 is 2.55 bits per heavy atom. The van der Waals surface area contributed by atoms with Crippen LogP contribution >= 0.6 is 11.6 Å². The molecule has 1 heterocycles. The maximum Gasteiger partial charge on any atom is 0.245 e. The van der Waals surface area contributed by atoms with Crippen molar-refractivity contribution in [2.45, 2.75) is 44.1 Å². The van der Waals surface area contributed by atoms with E-state index in [0.29, 0.717) is 24.9 Å². The van der Waals surface area contributed by atoms with Gasteiger partial charge in [0.25, 0.3) is 0 Å². The highest BCUT2D eigenvalue weighted by molar-refractivity contribution is 7.93. The SMILES string of the molecule is CC(C)S(=O)(=O)[C@H](C)C(=O)N1CCCc2cc(Cl)cc(F)c21. The summed E-state index contributed by atoms with van der Waals surface area (Å²) < 4.78 is 38.6. The number of carbonyl (C=O) groups excluding carboxylic acids is 1. The normalized spacial score (nSPS) is 16.5. The Bertz CT molecular complexity index is 703. The molecule has 0 aliphatic carbocycles. The molecule has 1 aliphatic rings.